The van der Waals surface area contributed by atoms with Gasteiger partial charge in [-0.2, -0.15) is 0 Å². The number of nitrogens with zero attached hydrogens (tertiary/aromatic N) is 1. The Kier molecular flexibility index (Phi) is 3.79. The van der Waals surface area contributed by atoms with E-state index in [1.54, 1.807) is 0 Å². The molecule has 2 nitrogen and oxygen atoms in total. The molecule has 0 saturated carbocycles. The van der Waals surface area contributed by atoms with Crippen molar-refractivity contribution in [1.29, 1.82) is 0 Å². The van der Waals surface area contributed by atoms with Gasteiger partial charge in [-0.3, -0.25) is 4.98 Å². The monoisotopic (exact) mass is 331 g/mol. The second-order valence-corrected chi connectivity index (χ2v) is 8.12. The summed E-state index contributed by atoms with van der Waals surface area (Å²) in [6.45, 7) is 8.81. The summed E-state index contributed by atoms with van der Waals surface area (Å²) in [6, 6.07) is 14.9. The number of hydrogen-bond donors (Lipinski definition) is 0. The average molecular weight is 331 g/mol. The van der Waals surface area contributed by atoms with Gasteiger partial charge in [-0.15, -0.1) is 0 Å². The molecule has 1 aliphatic carbocycles. The van der Waals surface area contributed by atoms with Gasteiger partial charge in [-0.05, 0) is 61.4 Å². The molecule has 1 heterocycles. The Bertz CT molecular complexity index is 933. The molecule has 3 aromatic rings. The molecule has 1 aliphatic rings. The lowest BCUT2D eigenvalue weighted by molar-refractivity contribution is 0.481. The normalized spacial score (nSPS) is 13.9. The second kappa shape index (κ2) is 5.87. The number of fused-ring (bicyclic) bond motifs is 2. The van der Waals surface area contributed by atoms with Crippen LogP contribution in [0, 0.1) is 6.92 Å². The molecule has 0 aliphatic heterocycles. The lowest BCUT2D eigenvalue weighted by Gasteiger charge is -2.19. The summed E-state index contributed by atoms with van der Waals surface area (Å²) >= 11 is 0. The summed E-state index contributed by atoms with van der Waals surface area (Å²) in [5.74, 6) is 1.90. The highest BCUT2D eigenvalue weighted by Gasteiger charge is 2.21. The molecule has 0 N–H and O–H groups in total. The minimum atomic E-state index is 0.153. The number of aryl methyl sites for hydroxylation is 2. The van der Waals surface area contributed by atoms with E-state index in [4.69, 9.17) is 9.72 Å². The minimum Gasteiger partial charge on any atom is -0.456 e. The van der Waals surface area contributed by atoms with Crippen LogP contribution in [0.5, 0.6) is 11.5 Å². The maximum atomic E-state index is 6.42. The Hall–Kier alpha value is -2.35. The van der Waals surface area contributed by atoms with Gasteiger partial charge in [0.2, 0.25) is 0 Å². The van der Waals surface area contributed by atoms with E-state index in [0.717, 1.165) is 41.7 Å². The second-order valence-electron chi connectivity index (χ2n) is 8.12. The van der Waals surface area contributed by atoms with Crippen LogP contribution in [0.2, 0.25) is 0 Å². The number of ether oxygens (including phenoxy) is 1. The fourth-order valence-corrected chi connectivity index (χ4v) is 3.59. The van der Waals surface area contributed by atoms with Crippen molar-refractivity contribution in [3.8, 4) is 11.5 Å². The third-order valence-corrected chi connectivity index (χ3v) is 5.06. The van der Waals surface area contributed by atoms with Gasteiger partial charge in [0.1, 0.15) is 11.5 Å². The molecule has 0 atom stereocenters. The highest BCUT2D eigenvalue weighted by atomic mass is 16.5. The van der Waals surface area contributed by atoms with Crippen LogP contribution in [0.25, 0.3) is 10.9 Å². The molecule has 0 spiro atoms. The first kappa shape index (κ1) is 16.1. The number of aromatic nitrogens is 1. The van der Waals surface area contributed by atoms with Gasteiger partial charge in [0.15, 0.2) is 0 Å². The Morgan fingerprint density at radius 2 is 1.72 bits per heavy atom. The van der Waals surface area contributed by atoms with Crippen molar-refractivity contribution >= 4 is 10.9 Å². The highest BCUT2D eigenvalue weighted by molar-refractivity contribution is 5.88. The number of rotatable bonds is 2. The van der Waals surface area contributed by atoms with E-state index in [-0.39, 0.29) is 5.41 Å². The summed E-state index contributed by atoms with van der Waals surface area (Å²) < 4.78 is 6.42. The average Bonchev–Trinajstić information content (AvgIpc) is 3.03. The van der Waals surface area contributed by atoms with Crippen LogP contribution >= 0.6 is 0 Å². The summed E-state index contributed by atoms with van der Waals surface area (Å²) in [7, 11) is 0. The number of benzene rings is 2. The van der Waals surface area contributed by atoms with Crippen LogP contribution in [0.4, 0.5) is 0 Å². The zero-order valence-electron chi connectivity index (χ0n) is 15.5. The maximum absolute atomic E-state index is 6.42. The summed E-state index contributed by atoms with van der Waals surface area (Å²) in [4.78, 5) is 4.87. The van der Waals surface area contributed by atoms with Crippen molar-refractivity contribution in [1.82, 2.24) is 4.98 Å². The van der Waals surface area contributed by atoms with Gasteiger partial charge in [0, 0.05) is 16.6 Å². The van der Waals surface area contributed by atoms with Gasteiger partial charge >= 0.3 is 0 Å². The van der Waals surface area contributed by atoms with Gasteiger partial charge in [0.05, 0.1) is 5.52 Å². The van der Waals surface area contributed by atoms with Gasteiger partial charge in [-0.1, -0.05) is 44.5 Å². The molecule has 0 amide bonds. The van der Waals surface area contributed by atoms with Crippen LogP contribution in [-0.2, 0) is 18.3 Å². The van der Waals surface area contributed by atoms with Crippen LogP contribution < -0.4 is 4.74 Å². The van der Waals surface area contributed by atoms with Crippen LogP contribution in [-0.4, -0.2) is 4.98 Å². The van der Waals surface area contributed by atoms with Crippen molar-refractivity contribution in [2.24, 2.45) is 0 Å². The first-order valence-electron chi connectivity index (χ1n) is 9.12. The van der Waals surface area contributed by atoms with Gasteiger partial charge in [0.25, 0.3) is 0 Å². The summed E-state index contributed by atoms with van der Waals surface area (Å²) in [5, 5.41) is 1.13. The molecule has 128 valence electrons. The molecular formula is C23H25NO. The van der Waals surface area contributed by atoms with Gasteiger partial charge < -0.3 is 4.74 Å². The number of pyridine rings is 1. The quantitative estimate of drug-likeness (QED) is 0.564. The molecule has 4 rings (SSSR count). The van der Waals surface area contributed by atoms with Gasteiger partial charge in [-0.25, -0.2) is 0 Å². The Morgan fingerprint density at radius 3 is 2.44 bits per heavy atom. The molecule has 25 heavy (non-hydrogen) atoms. The van der Waals surface area contributed by atoms with E-state index >= 15 is 0 Å². The largest absolute Gasteiger partial charge is 0.456 e. The molecular weight excluding hydrogens is 306 g/mol. The Balaban J connectivity index is 1.80. The topological polar surface area (TPSA) is 22.1 Å². The lowest BCUT2D eigenvalue weighted by atomic mass is 9.87. The van der Waals surface area contributed by atoms with Crippen molar-refractivity contribution in [2.45, 2.75) is 52.4 Å². The lowest BCUT2D eigenvalue weighted by Crippen LogP contribution is -2.10. The van der Waals surface area contributed by atoms with E-state index in [2.05, 4.69) is 70.2 Å². The van der Waals surface area contributed by atoms with Crippen LogP contribution in [0.1, 0.15) is 49.6 Å². The first-order valence-corrected chi connectivity index (χ1v) is 9.12. The SMILES string of the molecule is Cc1ccc2nc3c(c(Oc4ccc(C(C)(C)C)cc4)c2c1)CCC3. The fourth-order valence-electron chi connectivity index (χ4n) is 3.59. The zero-order valence-corrected chi connectivity index (χ0v) is 15.5. The Labute approximate surface area is 149 Å². The first-order chi connectivity index (χ1) is 11.9. The third kappa shape index (κ3) is 3.02. The maximum Gasteiger partial charge on any atom is 0.141 e. The smallest absolute Gasteiger partial charge is 0.141 e. The fraction of sp³-hybridized carbons (Fsp3) is 0.348. The van der Waals surface area contributed by atoms with Crippen molar-refractivity contribution < 1.29 is 4.74 Å². The molecule has 0 fully saturated rings. The van der Waals surface area contributed by atoms with E-state index in [0.29, 0.717) is 0 Å². The Morgan fingerprint density at radius 1 is 0.960 bits per heavy atom. The standard InChI is InChI=1S/C23H25NO/c1-15-8-13-21-19(14-15)22(18-6-5-7-20(18)24-21)25-17-11-9-16(10-12-17)23(2,3)4/h8-14H,5-7H2,1-4H3. The minimum absolute atomic E-state index is 0.153. The zero-order chi connectivity index (χ0) is 17.6. The number of hydrogen-bond acceptors (Lipinski definition) is 2. The van der Waals surface area contributed by atoms with E-state index < -0.39 is 0 Å². The third-order valence-electron chi connectivity index (χ3n) is 5.06. The molecule has 2 heteroatoms. The van der Waals surface area contributed by atoms with Crippen molar-refractivity contribution in [3.05, 3.63) is 64.8 Å². The molecule has 0 bridgehead atoms. The predicted molar refractivity (Wildman–Crippen MR) is 104 cm³/mol. The summed E-state index contributed by atoms with van der Waals surface area (Å²) in [6.07, 6.45) is 3.27. The molecule has 1 aromatic heterocycles. The predicted octanol–water partition coefficient (Wildman–Crippen LogP) is 6.12. The van der Waals surface area contributed by atoms with E-state index in [1.807, 2.05) is 0 Å². The molecule has 0 unspecified atom stereocenters. The van der Waals surface area contributed by atoms with Crippen molar-refractivity contribution in [3.63, 3.8) is 0 Å². The summed E-state index contributed by atoms with van der Waals surface area (Å²) in [5.41, 5.74) is 6.24. The van der Waals surface area contributed by atoms with Crippen LogP contribution in [0.15, 0.2) is 42.5 Å². The highest BCUT2D eigenvalue weighted by Crippen LogP contribution is 2.39. The van der Waals surface area contributed by atoms with Crippen LogP contribution in [0.3, 0.4) is 0 Å². The molecule has 2 aromatic carbocycles. The van der Waals surface area contributed by atoms with Crippen molar-refractivity contribution in [2.75, 3.05) is 0 Å². The molecule has 0 saturated heterocycles. The van der Waals surface area contributed by atoms with E-state index in [9.17, 15) is 0 Å². The molecule has 0 radical (unpaired) electrons. The van der Waals surface area contributed by atoms with E-state index in [1.165, 1.54) is 22.4 Å².